The van der Waals surface area contributed by atoms with Crippen LogP contribution in [0.1, 0.15) is 6.42 Å². The van der Waals surface area contributed by atoms with Crippen molar-refractivity contribution in [3.8, 4) is 0 Å². The van der Waals surface area contributed by atoms with Crippen LogP contribution < -0.4 is 4.90 Å². The third kappa shape index (κ3) is 2.45. The lowest BCUT2D eigenvalue weighted by atomic mass is 10.2. The molecule has 1 saturated heterocycles. The van der Waals surface area contributed by atoms with Gasteiger partial charge in [0.2, 0.25) is 0 Å². The zero-order valence-corrected chi connectivity index (χ0v) is 13.3. The minimum absolute atomic E-state index is 0.652. The second kappa shape index (κ2) is 5.39. The number of nitrogens with zero attached hydrogens (tertiary/aromatic N) is 4. The van der Waals surface area contributed by atoms with Crippen molar-refractivity contribution in [2.75, 3.05) is 31.1 Å². The molecular weight excluding hydrogens is 328 g/mol. The fourth-order valence-electron chi connectivity index (χ4n) is 3.30. The third-order valence-corrected chi connectivity index (χ3v) is 4.82. The molecule has 4 rings (SSSR count). The molecule has 4 heterocycles. The summed E-state index contributed by atoms with van der Waals surface area (Å²) in [6, 6.07) is 4.77. The topological polar surface area (TPSA) is 32.3 Å². The number of aromatic nitrogens is 2. The molecule has 0 saturated carbocycles. The summed E-state index contributed by atoms with van der Waals surface area (Å²) in [6.07, 6.45) is 9.50. The van der Waals surface area contributed by atoms with Gasteiger partial charge in [0, 0.05) is 49.1 Å². The molecule has 2 aromatic rings. The number of fused-ring (bicyclic) bond motifs is 1. The quantitative estimate of drug-likeness (QED) is 0.784. The van der Waals surface area contributed by atoms with E-state index in [0.29, 0.717) is 6.04 Å². The highest BCUT2D eigenvalue weighted by Crippen LogP contribution is 2.29. The number of hydrogen-bond donors (Lipinski definition) is 0. The van der Waals surface area contributed by atoms with Crippen molar-refractivity contribution < 1.29 is 0 Å². The minimum atomic E-state index is 0.652. The molecule has 2 aromatic heterocycles. The first-order valence-corrected chi connectivity index (χ1v) is 8.15. The molecule has 21 heavy (non-hydrogen) atoms. The van der Waals surface area contributed by atoms with E-state index >= 15 is 0 Å². The highest BCUT2D eigenvalue weighted by molar-refractivity contribution is 9.10. The van der Waals surface area contributed by atoms with E-state index in [2.05, 4.69) is 53.9 Å². The molecule has 0 unspecified atom stereocenters. The maximum Gasteiger partial charge on any atom is 0.112 e. The summed E-state index contributed by atoms with van der Waals surface area (Å²) in [4.78, 5) is 14.0. The molecule has 0 N–H and O–H groups in total. The Bertz CT molecular complexity index is 692. The van der Waals surface area contributed by atoms with Gasteiger partial charge >= 0.3 is 0 Å². The van der Waals surface area contributed by atoms with Crippen LogP contribution in [0.15, 0.2) is 41.2 Å². The largest absolute Gasteiger partial charge is 0.368 e. The molecule has 0 amide bonds. The van der Waals surface area contributed by atoms with E-state index in [1.807, 2.05) is 18.5 Å². The van der Waals surface area contributed by atoms with Gasteiger partial charge in [0.05, 0.1) is 11.2 Å². The smallest absolute Gasteiger partial charge is 0.112 e. The summed E-state index contributed by atoms with van der Waals surface area (Å²) >= 11 is 3.47. The molecule has 1 atom stereocenters. The zero-order chi connectivity index (χ0) is 14.2. The van der Waals surface area contributed by atoms with Crippen LogP contribution >= 0.6 is 15.9 Å². The SMILES string of the molecule is Brc1cnc2c(N3CC[C@@H](N4CC=CC4)C3)ccnc2c1. The molecule has 2 aliphatic rings. The second-order valence-electron chi connectivity index (χ2n) is 5.67. The van der Waals surface area contributed by atoms with Crippen molar-refractivity contribution in [1.29, 1.82) is 0 Å². The predicted molar refractivity (Wildman–Crippen MR) is 88.6 cm³/mol. The first kappa shape index (κ1) is 13.2. The highest BCUT2D eigenvalue weighted by atomic mass is 79.9. The van der Waals surface area contributed by atoms with Gasteiger partial charge in [0.1, 0.15) is 5.52 Å². The van der Waals surface area contributed by atoms with Crippen LogP contribution in [0.4, 0.5) is 5.69 Å². The van der Waals surface area contributed by atoms with Gasteiger partial charge in [-0.25, -0.2) is 0 Å². The Morgan fingerprint density at radius 2 is 2.05 bits per heavy atom. The van der Waals surface area contributed by atoms with E-state index < -0.39 is 0 Å². The number of rotatable bonds is 2. The number of anilines is 1. The third-order valence-electron chi connectivity index (χ3n) is 4.39. The Hall–Kier alpha value is -1.46. The predicted octanol–water partition coefficient (Wildman–Crippen LogP) is 2.84. The Morgan fingerprint density at radius 1 is 1.19 bits per heavy atom. The van der Waals surface area contributed by atoms with Gasteiger partial charge in [-0.05, 0) is 34.5 Å². The molecule has 0 aromatic carbocycles. The first-order valence-electron chi connectivity index (χ1n) is 7.35. The van der Waals surface area contributed by atoms with Gasteiger partial charge in [0.25, 0.3) is 0 Å². The number of halogens is 1. The van der Waals surface area contributed by atoms with Crippen molar-refractivity contribution >= 4 is 32.7 Å². The summed E-state index contributed by atoms with van der Waals surface area (Å²) in [7, 11) is 0. The standard InChI is InChI=1S/C16H17BrN4/c17-12-9-14-16(19-10-12)15(3-5-18-14)21-8-4-13(11-21)20-6-1-2-7-20/h1-3,5,9-10,13H,4,6-8,11H2/t13-/m1/s1. The molecule has 0 radical (unpaired) electrons. The van der Waals surface area contributed by atoms with Crippen LogP contribution in [0.25, 0.3) is 11.0 Å². The van der Waals surface area contributed by atoms with E-state index in [9.17, 15) is 0 Å². The van der Waals surface area contributed by atoms with Crippen LogP contribution in [0.5, 0.6) is 0 Å². The Balaban J connectivity index is 1.62. The average molecular weight is 345 g/mol. The van der Waals surface area contributed by atoms with E-state index in [1.54, 1.807) is 0 Å². The molecule has 0 aliphatic carbocycles. The minimum Gasteiger partial charge on any atom is -0.368 e. The molecular formula is C16H17BrN4. The summed E-state index contributed by atoms with van der Waals surface area (Å²) in [6.45, 7) is 4.37. The molecule has 2 aliphatic heterocycles. The van der Waals surface area contributed by atoms with Gasteiger partial charge in [0.15, 0.2) is 0 Å². The van der Waals surface area contributed by atoms with Crippen molar-refractivity contribution in [3.05, 3.63) is 41.2 Å². The molecule has 108 valence electrons. The normalized spacial score (nSPS) is 22.5. The highest BCUT2D eigenvalue weighted by Gasteiger charge is 2.28. The second-order valence-corrected chi connectivity index (χ2v) is 6.58. The van der Waals surface area contributed by atoms with Crippen LogP contribution in [-0.4, -0.2) is 47.1 Å². The maximum atomic E-state index is 4.57. The van der Waals surface area contributed by atoms with Crippen LogP contribution in [0.3, 0.4) is 0 Å². The monoisotopic (exact) mass is 344 g/mol. The summed E-state index contributed by atoms with van der Waals surface area (Å²) in [5.74, 6) is 0. The Labute approximate surface area is 132 Å². The Morgan fingerprint density at radius 3 is 2.90 bits per heavy atom. The van der Waals surface area contributed by atoms with Gasteiger partial charge < -0.3 is 4.90 Å². The lowest BCUT2D eigenvalue weighted by Gasteiger charge is -2.24. The summed E-state index contributed by atoms with van der Waals surface area (Å²) < 4.78 is 0.974. The van der Waals surface area contributed by atoms with Gasteiger partial charge in [-0.2, -0.15) is 0 Å². The van der Waals surface area contributed by atoms with Crippen LogP contribution in [0.2, 0.25) is 0 Å². The van der Waals surface area contributed by atoms with E-state index in [4.69, 9.17) is 0 Å². The molecule has 5 heteroatoms. The van der Waals surface area contributed by atoms with Crippen LogP contribution in [0, 0.1) is 0 Å². The van der Waals surface area contributed by atoms with Crippen molar-refractivity contribution in [2.24, 2.45) is 0 Å². The van der Waals surface area contributed by atoms with Crippen molar-refractivity contribution in [1.82, 2.24) is 14.9 Å². The molecule has 1 fully saturated rings. The van der Waals surface area contributed by atoms with E-state index in [1.165, 1.54) is 12.1 Å². The zero-order valence-electron chi connectivity index (χ0n) is 11.7. The molecule has 0 spiro atoms. The van der Waals surface area contributed by atoms with Crippen LogP contribution in [-0.2, 0) is 0 Å². The fraction of sp³-hybridized carbons (Fsp3) is 0.375. The van der Waals surface area contributed by atoms with E-state index in [-0.39, 0.29) is 0 Å². The van der Waals surface area contributed by atoms with Crippen molar-refractivity contribution in [3.63, 3.8) is 0 Å². The lowest BCUT2D eigenvalue weighted by molar-refractivity contribution is 0.271. The molecule has 0 bridgehead atoms. The number of pyridine rings is 2. The summed E-state index contributed by atoms with van der Waals surface area (Å²) in [5.41, 5.74) is 3.16. The van der Waals surface area contributed by atoms with Gasteiger partial charge in [-0.15, -0.1) is 0 Å². The van der Waals surface area contributed by atoms with E-state index in [0.717, 1.165) is 41.7 Å². The Kier molecular flexibility index (Phi) is 3.39. The number of hydrogen-bond acceptors (Lipinski definition) is 4. The lowest BCUT2D eigenvalue weighted by Crippen LogP contribution is -2.35. The maximum absolute atomic E-state index is 4.57. The first-order chi connectivity index (χ1) is 10.3. The molecule has 4 nitrogen and oxygen atoms in total. The fourth-order valence-corrected chi connectivity index (χ4v) is 3.62. The summed E-state index contributed by atoms with van der Waals surface area (Å²) in [5, 5.41) is 0. The van der Waals surface area contributed by atoms with Gasteiger partial charge in [-0.3, -0.25) is 14.9 Å². The average Bonchev–Trinajstić information content (AvgIpc) is 3.17. The van der Waals surface area contributed by atoms with Gasteiger partial charge in [-0.1, -0.05) is 12.2 Å². The van der Waals surface area contributed by atoms with Crippen molar-refractivity contribution in [2.45, 2.75) is 12.5 Å².